The van der Waals surface area contributed by atoms with Gasteiger partial charge in [-0.3, -0.25) is 5.32 Å². The van der Waals surface area contributed by atoms with Gasteiger partial charge in [0.2, 0.25) is 5.88 Å². The molecular formula is C25H29F3N2O6. The topological polar surface area (TPSA) is 107 Å². The van der Waals surface area contributed by atoms with Gasteiger partial charge in [0.25, 0.3) is 0 Å². The molecule has 0 spiro atoms. The average molecular weight is 511 g/mol. The molecule has 1 amide bonds. The number of rotatable bonds is 10. The largest absolute Gasteiger partial charge is 0.476 e. The SMILES string of the molecule is C=CCC(OCc1ccccc1)C(C)Oc1nc(C(=O)O)c(NC(=O)OC(C)(C)C)cc1C(F)(F)F. The molecule has 2 rings (SSSR count). The van der Waals surface area contributed by atoms with Crippen molar-refractivity contribution in [2.75, 3.05) is 5.32 Å². The molecule has 0 saturated carbocycles. The normalized spacial score (nSPS) is 13.4. The molecule has 1 aromatic carbocycles. The lowest BCUT2D eigenvalue weighted by Crippen LogP contribution is -2.32. The van der Waals surface area contributed by atoms with Crippen LogP contribution in [0.2, 0.25) is 0 Å². The highest BCUT2D eigenvalue weighted by atomic mass is 19.4. The summed E-state index contributed by atoms with van der Waals surface area (Å²) in [5.74, 6) is -2.63. The second-order valence-electron chi connectivity index (χ2n) is 8.85. The van der Waals surface area contributed by atoms with E-state index in [1.54, 1.807) is 20.8 Å². The summed E-state index contributed by atoms with van der Waals surface area (Å²) in [5.41, 5.74) is -3.02. The first-order chi connectivity index (χ1) is 16.7. The number of carbonyl (C=O) groups excluding carboxylic acids is 1. The third kappa shape index (κ3) is 8.56. The van der Waals surface area contributed by atoms with Gasteiger partial charge in [-0.1, -0.05) is 36.4 Å². The Labute approximate surface area is 207 Å². The van der Waals surface area contributed by atoms with Crippen LogP contribution >= 0.6 is 0 Å². The molecule has 0 saturated heterocycles. The smallest absolute Gasteiger partial charge is 0.421 e. The Hall–Kier alpha value is -3.60. The number of pyridine rings is 1. The van der Waals surface area contributed by atoms with E-state index in [0.717, 1.165) is 5.56 Å². The maximum atomic E-state index is 13.9. The number of hydrogen-bond acceptors (Lipinski definition) is 6. The van der Waals surface area contributed by atoms with Crippen molar-refractivity contribution in [3.8, 4) is 5.88 Å². The first-order valence-corrected chi connectivity index (χ1v) is 11.0. The number of anilines is 1. The van der Waals surface area contributed by atoms with E-state index >= 15 is 0 Å². The van der Waals surface area contributed by atoms with E-state index in [9.17, 15) is 27.9 Å². The first-order valence-electron chi connectivity index (χ1n) is 11.0. The van der Waals surface area contributed by atoms with Crippen LogP contribution in [0.25, 0.3) is 0 Å². The summed E-state index contributed by atoms with van der Waals surface area (Å²) in [5, 5.41) is 11.6. The number of ether oxygens (including phenoxy) is 3. The third-order valence-corrected chi connectivity index (χ3v) is 4.66. The number of alkyl halides is 3. The van der Waals surface area contributed by atoms with Crippen molar-refractivity contribution >= 4 is 17.7 Å². The molecular weight excluding hydrogens is 481 g/mol. The lowest BCUT2D eigenvalue weighted by Gasteiger charge is -2.26. The number of amides is 1. The number of halogens is 3. The second-order valence-corrected chi connectivity index (χ2v) is 8.85. The minimum atomic E-state index is -4.97. The summed E-state index contributed by atoms with van der Waals surface area (Å²) < 4.78 is 58.0. The maximum absolute atomic E-state index is 13.9. The van der Waals surface area contributed by atoms with Crippen molar-refractivity contribution in [1.82, 2.24) is 4.98 Å². The molecule has 8 nitrogen and oxygen atoms in total. The molecule has 1 heterocycles. The predicted octanol–water partition coefficient (Wildman–Crippen LogP) is 6.07. The predicted molar refractivity (Wildman–Crippen MR) is 126 cm³/mol. The van der Waals surface area contributed by atoms with Crippen LogP contribution in [0.15, 0.2) is 49.1 Å². The van der Waals surface area contributed by atoms with Crippen molar-refractivity contribution < 1.29 is 42.1 Å². The zero-order valence-electron chi connectivity index (χ0n) is 20.4. The van der Waals surface area contributed by atoms with Crippen LogP contribution in [0.5, 0.6) is 5.88 Å². The summed E-state index contributed by atoms with van der Waals surface area (Å²) in [7, 11) is 0. The second kappa shape index (κ2) is 11.9. The zero-order chi connectivity index (χ0) is 27.1. The van der Waals surface area contributed by atoms with Crippen molar-refractivity contribution in [3.05, 3.63) is 65.9 Å². The number of benzene rings is 1. The molecule has 0 aliphatic carbocycles. The number of carboxylic acid groups (broad SMARTS) is 1. The zero-order valence-corrected chi connectivity index (χ0v) is 20.4. The number of aromatic carboxylic acids is 1. The van der Waals surface area contributed by atoms with E-state index in [2.05, 4.69) is 11.6 Å². The van der Waals surface area contributed by atoms with Crippen LogP contribution in [0.1, 0.15) is 55.7 Å². The number of nitrogens with one attached hydrogen (secondary N) is 1. The molecule has 2 N–H and O–H groups in total. The molecule has 2 atom stereocenters. The molecule has 0 bridgehead atoms. The van der Waals surface area contributed by atoms with E-state index in [1.165, 1.54) is 13.0 Å². The molecule has 2 aromatic rings. The van der Waals surface area contributed by atoms with Gasteiger partial charge >= 0.3 is 18.2 Å². The monoisotopic (exact) mass is 510 g/mol. The van der Waals surface area contributed by atoms with Crippen molar-refractivity contribution in [3.63, 3.8) is 0 Å². The quantitative estimate of drug-likeness (QED) is 0.373. The van der Waals surface area contributed by atoms with Gasteiger partial charge in [-0.25, -0.2) is 14.6 Å². The molecule has 0 fully saturated rings. The van der Waals surface area contributed by atoms with Crippen LogP contribution in [0.4, 0.5) is 23.7 Å². The molecule has 0 aliphatic rings. The third-order valence-electron chi connectivity index (χ3n) is 4.66. The minimum absolute atomic E-state index is 0.172. The highest BCUT2D eigenvalue weighted by molar-refractivity contribution is 5.97. The Morgan fingerprint density at radius 3 is 2.36 bits per heavy atom. The lowest BCUT2D eigenvalue weighted by atomic mass is 10.1. The van der Waals surface area contributed by atoms with Crippen molar-refractivity contribution in [2.24, 2.45) is 0 Å². The number of carbonyl (C=O) groups is 2. The van der Waals surface area contributed by atoms with Gasteiger partial charge in [0.15, 0.2) is 5.69 Å². The summed E-state index contributed by atoms with van der Waals surface area (Å²) in [6, 6.07) is 9.59. The Balaban J connectivity index is 2.37. The number of aromatic nitrogens is 1. The Kier molecular flexibility index (Phi) is 9.46. The standard InChI is InChI=1S/C25H29F3N2O6/c1-6-10-19(34-14-16-11-8-7-9-12-16)15(2)35-21-17(25(26,27)28)13-18(20(30-21)22(31)32)29-23(33)36-24(3,4)5/h6-9,11-13,15,19H,1,10,14H2,2-5H3,(H,29,33)(H,31,32). The highest BCUT2D eigenvalue weighted by Gasteiger charge is 2.38. The van der Waals surface area contributed by atoms with E-state index in [-0.39, 0.29) is 13.0 Å². The van der Waals surface area contributed by atoms with Crippen LogP contribution in [-0.4, -0.2) is 40.0 Å². The van der Waals surface area contributed by atoms with Gasteiger partial charge in [0.05, 0.1) is 18.4 Å². The van der Waals surface area contributed by atoms with Crippen LogP contribution < -0.4 is 10.1 Å². The molecule has 1 aromatic heterocycles. The maximum Gasteiger partial charge on any atom is 0.421 e. The Bertz CT molecular complexity index is 1070. The van der Waals surface area contributed by atoms with Gasteiger partial charge in [0.1, 0.15) is 17.3 Å². The van der Waals surface area contributed by atoms with E-state index < -0.39 is 58.9 Å². The van der Waals surface area contributed by atoms with Crippen LogP contribution in [0.3, 0.4) is 0 Å². The summed E-state index contributed by atoms with van der Waals surface area (Å²) in [6.45, 7) is 9.93. The van der Waals surface area contributed by atoms with Gasteiger partial charge in [-0.15, -0.1) is 6.58 Å². The number of nitrogens with zero attached hydrogens (tertiary/aromatic N) is 1. The fourth-order valence-corrected chi connectivity index (χ4v) is 3.05. The van der Waals surface area contributed by atoms with Crippen molar-refractivity contribution in [2.45, 2.75) is 64.7 Å². The first kappa shape index (κ1) is 28.6. The highest BCUT2D eigenvalue weighted by Crippen LogP contribution is 2.38. The number of hydrogen-bond donors (Lipinski definition) is 2. The molecule has 0 aliphatic heterocycles. The van der Waals surface area contributed by atoms with Crippen molar-refractivity contribution in [1.29, 1.82) is 0 Å². The van der Waals surface area contributed by atoms with Crippen LogP contribution in [-0.2, 0) is 22.3 Å². The molecule has 0 radical (unpaired) electrons. The number of carboxylic acids is 1. The van der Waals surface area contributed by atoms with Gasteiger partial charge in [0, 0.05) is 0 Å². The summed E-state index contributed by atoms with van der Waals surface area (Å²) in [4.78, 5) is 27.4. The summed E-state index contributed by atoms with van der Waals surface area (Å²) in [6.07, 6.45) is -6.00. The summed E-state index contributed by atoms with van der Waals surface area (Å²) >= 11 is 0. The average Bonchev–Trinajstić information content (AvgIpc) is 2.75. The molecule has 36 heavy (non-hydrogen) atoms. The van der Waals surface area contributed by atoms with Gasteiger partial charge in [-0.05, 0) is 45.7 Å². The Morgan fingerprint density at radius 2 is 1.83 bits per heavy atom. The van der Waals surface area contributed by atoms with E-state index in [1.807, 2.05) is 35.6 Å². The molecule has 196 valence electrons. The minimum Gasteiger partial charge on any atom is -0.476 e. The van der Waals surface area contributed by atoms with Gasteiger partial charge in [-0.2, -0.15) is 13.2 Å². The fourth-order valence-electron chi connectivity index (χ4n) is 3.05. The molecule has 11 heteroatoms. The molecule has 2 unspecified atom stereocenters. The fraction of sp³-hybridized carbons (Fsp3) is 0.400. The Morgan fingerprint density at radius 1 is 1.19 bits per heavy atom. The van der Waals surface area contributed by atoms with E-state index in [0.29, 0.717) is 6.07 Å². The van der Waals surface area contributed by atoms with Crippen LogP contribution in [0, 0.1) is 0 Å². The van der Waals surface area contributed by atoms with E-state index in [4.69, 9.17) is 14.2 Å². The van der Waals surface area contributed by atoms with Gasteiger partial charge < -0.3 is 19.3 Å². The lowest BCUT2D eigenvalue weighted by molar-refractivity contribution is -0.140.